The Balaban J connectivity index is 2.56. The number of unbranched alkanes of at least 4 members (excludes halogenated alkanes) is 1. The maximum Gasteiger partial charge on any atom is 0.337 e. The van der Waals surface area contributed by atoms with Gasteiger partial charge in [0.05, 0.1) is 10.2 Å². The standard InChI is InChI=1S/C11H15BrN2O3/c1-2-3-4-13-10(15)7-14-6-8(11(16)17)5-9(14)12/h5-6H,2-4,7H2,1H3,(H,13,15)(H,16,17). The number of carbonyl (C=O) groups is 2. The Labute approximate surface area is 108 Å². The van der Waals surface area contributed by atoms with Gasteiger partial charge in [-0.05, 0) is 28.4 Å². The highest BCUT2D eigenvalue weighted by molar-refractivity contribution is 9.10. The predicted molar refractivity (Wildman–Crippen MR) is 67.0 cm³/mol. The Morgan fingerprint density at radius 2 is 2.24 bits per heavy atom. The van der Waals surface area contributed by atoms with E-state index >= 15 is 0 Å². The normalized spacial score (nSPS) is 10.2. The van der Waals surface area contributed by atoms with Gasteiger partial charge in [0.2, 0.25) is 5.91 Å². The van der Waals surface area contributed by atoms with Gasteiger partial charge in [-0.15, -0.1) is 0 Å². The summed E-state index contributed by atoms with van der Waals surface area (Å²) in [6, 6.07) is 1.47. The maximum absolute atomic E-state index is 11.5. The minimum Gasteiger partial charge on any atom is -0.478 e. The summed E-state index contributed by atoms with van der Waals surface area (Å²) in [6.07, 6.45) is 3.40. The largest absolute Gasteiger partial charge is 0.478 e. The lowest BCUT2D eigenvalue weighted by Gasteiger charge is -2.06. The molecule has 17 heavy (non-hydrogen) atoms. The number of amides is 1. The van der Waals surface area contributed by atoms with E-state index in [0.717, 1.165) is 12.8 Å². The van der Waals surface area contributed by atoms with Gasteiger partial charge >= 0.3 is 5.97 Å². The summed E-state index contributed by atoms with van der Waals surface area (Å²) in [4.78, 5) is 22.2. The fraction of sp³-hybridized carbons (Fsp3) is 0.455. The van der Waals surface area contributed by atoms with Crippen LogP contribution in [-0.4, -0.2) is 28.1 Å². The van der Waals surface area contributed by atoms with E-state index in [1.807, 2.05) is 6.92 Å². The lowest BCUT2D eigenvalue weighted by Crippen LogP contribution is -2.28. The van der Waals surface area contributed by atoms with Crippen LogP contribution >= 0.6 is 15.9 Å². The second kappa shape index (κ2) is 6.44. The zero-order valence-corrected chi connectivity index (χ0v) is 11.2. The Hall–Kier alpha value is -1.30. The van der Waals surface area contributed by atoms with Crippen LogP contribution in [0.2, 0.25) is 0 Å². The van der Waals surface area contributed by atoms with Crippen molar-refractivity contribution in [3.63, 3.8) is 0 Å². The van der Waals surface area contributed by atoms with E-state index < -0.39 is 5.97 Å². The number of rotatable bonds is 6. The minimum atomic E-state index is -1.00. The Bertz CT molecular complexity index is 415. The van der Waals surface area contributed by atoms with E-state index in [2.05, 4.69) is 21.2 Å². The van der Waals surface area contributed by atoms with Crippen LogP contribution in [0.4, 0.5) is 0 Å². The molecule has 1 heterocycles. The Morgan fingerprint density at radius 3 is 2.76 bits per heavy atom. The van der Waals surface area contributed by atoms with Gasteiger partial charge in [-0.3, -0.25) is 4.79 Å². The van der Waals surface area contributed by atoms with Crippen molar-refractivity contribution in [1.29, 1.82) is 0 Å². The fourth-order valence-electron chi connectivity index (χ4n) is 1.33. The number of carboxylic acid groups (broad SMARTS) is 1. The third-order valence-corrected chi connectivity index (χ3v) is 2.94. The first-order valence-electron chi connectivity index (χ1n) is 5.40. The molecule has 1 amide bonds. The second-order valence-electron chi connectivity index (χ2n) is 3.69. The van der Waals surface area contributed by atoms with Crippen LogP contribution in [0.1, 0.15) is 30.1 Å². The fourth-order valence-corrected chi connectivity index (χ4v) is 1.81. The molecule has 0 bridgehead atoms. The molecule has 0 aliphatic carbocycles. The van der Waals surface area contributed by atoms with Crippen molar-refractivity contribution in [3.05, 3.63) is 22.4 Å². The van der Waals surface area contributed by atoms with E-state index in [4.69, 9.17) is 5.11 Å². The highest BCUT2D eigenvalue weighted by Crippen LogP contribution is 2.15. The van der Waals surface area contributed by atoms with E-state index in [1.165, 1.54) is 12.3 Å². The summed E-state index contributed by atoms with van der Waals surface area (Å²) in [5, 5.41) is 11.6. The van der Waals surface area contributed by atoms with Crippen molar-refractivity contribution in [3.8, 4) is 0 Å². The van der Waals surface area contributed by atoms with E-state index in [-0.39, 0.29) is 18.0 Å². The molecule has 0 saturated carbocycles. The second-order valence-corrected chi connectivity index (χ2v) is 4.50. The molecule has 0 fully saturated rings. The average Bonchev–Trinajstić information content (AvgIpc) is 2.61. The molecule has 0 aliphatic rings. The van der Waals surface area contributed by atoms with E-state index in [1.54, 1.807) is 4.57 Å². The molecule has 0 unspecified atom stereocenters. The molecule has 2 N–H and O–H groups in total. The third-order valence-electron chi connectivity index (χ3n) is 2.26. The SMILES string of the molecule is CCCCNC(=O)Cn1cc(C(=O)O)cc1Br. The molecular formula is C11H15BrN2O3. The highest BCUT2D eigenvalue weighted by Gasteiger charge is 2.11. The molecule has 0 aromatic carbocycles. The van der Waals surface area contributed by atoms with Crippen molar-refractivity contribution in [1.82, 2.24) is 9.88 Å². The highest BCUT2D eigenvalue weighted by atomic mass is 79.9. The van der Waals surface area contributed by atoms with Gasteiger partial charge in [0.15, 0.2) is 0 Å². The molecule has 1 aromatic rings. The van der Waals surface area contributed by atoms with E-state index in [0.29, 0.717) is 11.1 Å². The zero-order chi connectivity index (χ0) is 12.8. The lowest BCUT2D eigenvalue weighted by molar-refractivity contribution is -0.121. The number of carbonyl (C=O) groups excluding carboxylic acids is 1. The molecule has 1 aromatic heterocycles. The minimum absolute atomic E-state index is 0.119. The predicted octanol–water partition coefficient (Wildman–Crippen LogP) is 1.87. The van der Waals surface area contributed by atoms with Gasteiger partial charge in [0, 0.05) is 12.7 Å². The maximum atomic E-state index is 11.5. The third kappa shape index (κ3) is 4.22. The molecule has 5 nitrogen and oxygen atoms in total. The van der Waals surface area contributed by atoms with Gasteiger partial charge < -0.3 is 15.0 Å². The van der Waals surface area contributed by atoms with Crippen molar-refractivity contribution in [2.75, 3.05) is 6.54 Å². The van der Waals surface area contributed by atoms with Crippen LogP contribution < -0.4 is 5.32 Å². The number of aromatic carboxylic acids is 1. The summed E-state index contributed by atoms with van der Waals surface area (Å²) in [5.74, 6) is -1.12. The van der Waals surface area contributed by atoms with Crippen molar-refractivity contribution in [2.45, 2.75) is 26.3 Å². The summed E-state index contributed by atoms with van der Waals surface area (Å²) in [6.45, 7) is 2.82. The average molecular weight is 303 g/mol. The summed E-state index contributed by atoms with van der Waals surface area (Å²) in [7, 11) is 0. The van der Waals surface area contributed by atoms with Crippen LogP contribution in [0.5, 0.6) is 0 Å². The number of aromatic nitrogens is 1. The van der Waals surface area contributed by atoms with Crippen molar-refractivity contribution < 1.29 is 14.7 Å². The van der Waals surface area contributed by atoms with Crippen LogP contribution in [-0.2, 0) is 11.3 Å². The molecule has 1 rings (SSSR count). The van der Waals surface area contributed by atoms with Crippen molar-refractivity contribution >= 4 is 27.8 Å². The smallest absolute Gasteiger partial charge is 0.337 e. The first kappa shape index (κ1) is 13.8. The number of hydrogen-bond acceptors (Lipinski definition) is 2. The molecule has 0 radical (unpaired) electrons. The number of halogens is 1. The molecule has 94 valence electrons. The van der Waals surface area contributed by atoms with Gasteiger partial charge in [-0.1, -0.05) is 13.3 Å². The van der Waals surface area contributed by atoms with Gasteiger partial charge in [0.1, 0.15) is 6.54 Å². The first-order chi connectivity index (χ1) is 8.04. The molecule has 0 saturated heterocycles. The summed E-state index contributed by atoms with van der Waals surface area (Å²) >= 11 is 3.22. The van der Waals surface area contributed by atoms with Gasteiger partial charge in [-0.2, -0.15) is 0 Å². The monoisotopic (exact) mass is 302 g/mol. The molecule has 0 atom stereocenters. The summed E-state index contributed by atoms with van der Waals surface area (Å²) < 4.78 is 2.14. The van der Waals surface area contributed by atoms with Crippen LogP contribution in [0.25, 0.3) is 0 Å². The topological polar surface area (TPSA) is 71.3 Å². The van der Waals surface area contributed by atoms with E-state index in [9.17, 15) is 9.59 Å². The van der Waals surface area contributed by atoms with Crippen LogP contribution in [0, 0.1) is 0 Å². The number of hydrogen-bond donors (Lipinski definition) is 2. The quantitative estimate of drug-likeness (QED) is 0.788. The summed E-state index contributed by atoms with van der Waals surface area (Å²) in [5.41, 5.74) is 0.165. The van der Waals surface area contributed by atoms with Crippen molar-refractivity contribution in [2.24, 2.45) is 0 Å². The van der Waals surface area contributed by atoms with Gasteiger partial charge in [-0.25, -0.2) is 4.79 Å². The Morgan fingerprint density at radius 1 is 1.53 bits per heavy atom. The lowest BCUT2D eigenvalue weighted by atomic mass is 10.3. The first-order valence-corrected chi connectivity index (χ1v) is 6.19. The number of nitrogens with one attached hydrogen (secondary N) is 1. The molecule has 6 heteroatoms. The molecule has 0 aliphatic heterocycles. The molecular weight excluding hydrogens is 288 g/mol. The Kier molecular flexibility index (Phi) is 5.21. The van der Waals surface area contributed by atoms with Gasteiger partial charge in [0.25, 0.3) is 0 Å². The number of carboxylic acids is 1. The van der Waals surface area contributed by atoms with Crippen LogP contribution in [0.3, 0.4) is 0 Å². The number of nitrogens with zero attached hydrogens (tertiary/aromatic N) is 1. The zero-order valence-electron chi connectivity index (χ0n) is 9.57. The van der Waals surface area contributed by atoms with Crippen LogP contribution in [0.15, 0.2) is 16.9 Å². The molecule has 0 spiro atoms.